The van der Waals surface area contributed by atoms with Gasteiger partial charge in [0.25, 0.3) is 0 Å². The fourth-order valence-corrected chi connectivity index (χ4v) is 3.09. The zero-order chi connectivity index (χ0) is 8.29. The summed E-state index contributed by atoms with van der Waals surface area (Å²) in [6.07, 6.45) is 7.97. The lowest BCUT2D eigenvalue weighted by atomic mass is 9.85. The van der Waals surface area contributed by atoms with Crippen molar-refractivity contribution >= 4 is 5.78 Å². The number of allylic oxidation sites excluding steroid dienone is 4. The minimum absolute atomic E-state index is 0.333. The van der Waals surface area contributed by atoms with E-state index in [1.807, 2.05) is 6.92 Å². The van der Waals surface area contributed by atoms with Gasteiger partial charge in [-0.2, -0.15) is 0 Å². The molecule has 3 aliphatic carbocycles. The van der Waals surface area contributed by atoms with E-state index in [0.717, 1.165) is 5.57 Å². The number of carbonyl (C=O) groups is 1. The molecule has 0 unspecified atom stereocenters. The van der Waals surface area contributed by atoms with Crippen LogP contribution in [0.2, 0.25) is 0 Å². The van der Waals surface area contributed by atoms with Gasteiger partial charge in [-0.05, 0) is 36.7 Å². The van der Waals surface area contributed by atoms with Gasteiger partial charge in [-0.3, -0.25) is 4.79 Å². The SMILES string of the molecule is CC1=C[C@H]2[C@@H](C1=O)[C@H]1C=C[C@@H]2C1. The molecule has 1 nitrogen and oxygen atoms in total. The zero-order valence-corrected chi connectivity index (χ0v) is 7.16. The Labute approximate surface area is 72.2 Å². The molecule has 12 heavy (non-hydrogen) atoms. The molecule has 2 bridgehead atoms. The quantitative estimate of drug-likeness (QED) is 0.495. The summed E-state index contributed by atoms with van der Waals surface area (Å²) in [6.45, 7) is 1.96. The van der Waals surface area contributed by atoms with Gasteiger partial charge in [0.15, 0.2) is 5.78 Å². The van der Waals surface area contributed by atoms with E-state index in [0.29, 0.717) is 29.5 Å². The molecular weight excluding hydrogens is 148 g/mol. The fourth-order valence-electron chi connectivity index (χ4n) is 3.09. The normalized spacial score (nSPS) is 48.4. The van der Waals surface area contributed by atoms with Gasteiger partial charge in [-0.25, -0.2) is 0 Å². The van der Waals surface area contributed by atoms with Crippen LogP contribution in [-0.4, -0.2) is 5.78 Å². The molecule has 3 aliphatic rings. The molecule has 0 aliphatic heterocycles. The van der Waals surface area contributed by atoms with Gasteiger partial charge < -0.3 is 0 Å². The van der Waals surface area contributed by atoms with Crippen molar-refractivity contribution in [2.75, 3.05) is 0 Å². The van der Waals surface area contributed by atoms with Crippen molar-refractivity contribution < 1.29 is 4.79 Å². The maximum absolute atomic E-state index is 11.7. The van der Waals surface area contributed by atoms with E-state index in [1.165, 1.54) is 6.42 Å². The second-order valence-electron chi connectivity index (χ2n) is 4.27. The number of Topliss-reactive ketones (excluding diaryl/α,β-unsaturated/α-hetero) is 1. The van der Waals surface area contributed by atoms with Crippen LogP contribution in [0.25, 0.3) is 0 Å². The first-order valence-electron chi connectivity index (χ1n) is 4.68. The summed E-state index contributed by atoms with van der Waals surface area (Å²) in [6, 6.07) is 0. The highest BCUT2D eigenvalue weighted by atomic mass is 16.1. The second-order valence-corrected chi connectivity index (χ2v) is 4.27. The molecule has 1 heteroatoms. The van der Waals surface area contributed by atoms with Gasteiger partial charge in [0.1, 0.15) is 0 Å². The maximum Gasteiger partial charge on any atom is 0.162 e. The first-order chi connectivity index (χ1) is 5.77. The van der Waals surface area contributed by atoms with Crippen LogP contribution in [0, 0.1) is 23.7 Å². The predicted octanol–water partition coefficient (Wildman–Crippen LogP) is 1.95. The topological polar surface area (TPSA) is 17.1 Å². The molecule has 0 amide bonds. The van der Waals surface area contributed by atoms with Crippen molar-refractivity contribution in [3.05, 3.63) is 23.8 Å². The maximum atomic E-state index is 11.7. The molecule has 0 radical (unpaired) electrons. The molecule has 62 valence electrons. The highest BCUT2D eigenvalue weighted by Crippen LogP contribution is 2.52. The Kier molecular flexibility index (Phi) is 1.05. The largest absolute Gasteiger partial charge is 0.294 e. The van der Waals surface area contributed by atoms with E-state index in [2.05, 4.69) is 18.2 Å². The molecule has 1 fully saturated rings. The average Bonchev–Trinajstić information content (AvgIpc) is 2.66. The zero-order valence-electron chi connectivity index (χ0n) is 7.16. The first kappa shape index (κ1) is 6.64. The third kappa shape index (κ3) is 0.588. The van der Waals surface area contributed by atoms with Crippen molar-refractivity contribution in [3.8, 4) is 0 Å². The van der Waals surface area contributed by atoms with Crippen LogP contribution in [0.3, 0.4) is 0 Å². The molecule has 0 spiro atoms. The van der Waals surface area contributed by atoms with E-state index in [4.69, 9.17) is 0 Å². The summed E-state index contributed by atoms with van der Waals surface area (Å²) < 4.78 is 0. The highest BCUT2D eigenvalue weighted by molar-refractivity contribution is 6.00. The summed E-state index contributed by atoms with van der Waals surface area (Å²) in [7, 11) is 0. The number of hydrogen-bond acceptors (Lipinski definition) is 1. The van der Waals surface area contributed by atoms with Gasteiger partial charge in [0.05, 0.1) is 0 Å². The Morgan fingerprint density at radius 2 is 2.08 bits per heavy atom. The molecule has 0 aromatic carbocycles. The highest BCUT2D eigenvalue weighted by Gasteiger charge is 2.50. The van der Waals surface area contributed by atoms with Gasteiger partial charge in [0.2, 0.25) is 0 Å². The fraction of sp³-hybridized carbons (Fsp3) is 0.545. The number of rotatable bonds is 0. The Balaban J connectivity index is 2.07. The van der Waals surface area contributed by atoms with Crippen LogP contribution >= 0.6 is 0 Å². The molecule has 1 saturated carbocycles. The van der Waals surface area contributed by atoms with Crippen molar-refractivity contribution in [2.24, 2.45) is 23.7 Å². The van der Waals surface area contributed by atoms with Crippen molar-refractivity contribution in [3.63, 3.8) is 0 Å². The lowest BCUT2D eigenvalue weighted by Crippen LogP contribution is -2.20. The van der Waals surface area contributed by atoms with Crippen LogP contribution in [0.5, 0.6) is 0 Å². The van der Waals surface area contributed by atoms with Crippen LogP contribution in [0.4, 0.5) is 0 Å². The third-order valence-electron chi connectivity index (χ3n) is 3.65. The van der Waals surface area contributed by atoms with E-state index in [9.17, 15) is 4.79 Å². The molecule has 0 N–H and O–H groups in total. The molecule has 4 atom stereocenters. The second kappa shape index (κ2) is 1.90. The Bertz CT molecular complexity index is 311. The molecular formula is C11H12O. The van der Waals surface area contributed by atoms with Crippen LogP contribution in [-0.2, 0) is 4.79 Å². The third-order valence-corrected chi connectivity index (χ3v) is 3.65. The van der Waals surface area contributed by atoms with Crippen molar-refractivity contribution in [2.45, 2.75) is 13.3 Å². The van der Waals surface area contributed by atoms with Crippen LogP contribution in [0.1, 0.15) is 13.3 Å². The summed E-state index contributed by atoms with van der Waals surface area (Å²) in [5.41, 5.74) is 1.00. The minimum atomic E-state index is 0.333. The predicted molar refractivity (Wildman–Crippen MR) is 46.5 cm³/mol. The molecule has 0 aromatic rings. The van der Waals surface area contributed by atoms with Gasteiger partial charge in [-0.1, -0.05) is 18.2 Å². The summed E-state index contributed by atoms with van der Waals surface area (Å²) in [5, 5.41) is 0. The first-order valence-corrected chi connectivity index (χ1v) is 4.68. The Morgan fingerprint density at radius 1 is 1.33 bits per heavy atom. The number of fused-ring (bicyclic) bond motifs is 5. The molecule has 0 aromatic heterocycles. The standard InChI is InChI=1S/C11H12O/c1-6-4-9-7-2-3-8(5-7)10(9)11(6)12/h2-4,7-10H,5H2,1H3/t7-,8+,9-,10+/m1/s1. The molecule has 0 saturated heterocycles. The molecule has 3 rings (SSSR count). The smallest absolute Gasteiger partial charge is 0.162 e. The Morgan fingerprint density at radius 3 is 2.83 bits per heavy atom. The van der Waals surface area contributed by atoms with Crippen molar-refractivity contribution in [1.29, 1.82) is 0 Å². The van der Waals surface area contributed by atoms with Gasteiger partial charge in [0, 0.05) is 5.92 Å². The summed E-state index contributed by atoms with van der Waals surface area (Å²) in [5.74, 6) is 2.56. The average molecular weight is 160 g/mol. The van der Waals surface area contributed by atoms with Crippen LogP contribution < -0.4 is 0 Å². The lowest BCUT2D eigenvalue weighted by Gasteiger charge is -2.17. The number of hydrogen-bond donors (Lipinski definition) is 0. The van der Waals surface area contributed by atoms with E-state index < -0.39 is 0 Å². The number of carbonyl (C=O) groups excluding carboxylic acids is 1. The lowest BCUT2D eigenvalue weighted by molar-refractivity contribution is -0.119. The Hall–Kier alpha value is -0.850. The summed E-state index contributed by atoms with van der Waals surface area (Å²) in [4.78, 5) is 11.7. The van der Waals surface area contributed by atoms with E-state index in [-0.39, 0.29) is 0 Å². The van der Waals surface area contributed by atoms with E-state index >= 15 is 0 Å². The van der Waals surface area contributed by atoms with Gasteiger partial charge in [-0.15, -0.1) is 0 Å². The van der Waals surface area contributed by atoms with E-state index in [1.54, 1.807) is 0 Å². The summed E-state index contributed by atoms with van der Waals surface area (Å²) >= 11 is 0. The molecule has 0 heterocycles. The monoisotopic (exact) mass is 160 g/mol. The minimum Gasteiger partial charge on any atom is -0.294 e. The number of ketones is 1. The van der Waals surface area contributed by atoms with Gasteiger partial charge >= 0.3 is 0 Å². The van der Waals surface area contributed by atoms with Crippen molar-refractivity contribution in [1.82, 2.24) is 0 Å². The van der Waals surface area contributed by atoms with Crippen LogP contribution in [0.15, 0.2) is 23.8 Å².